The predicted molar refractivity (Wildman–Crippen MR) is 80.3 cm³/mol. The van der Waals surface area contributed by atoms with Crippen molar-refractivity contribution in [2.75, 3.05) is 26.2 Å². The molecule has 0 bridgehead atoms. The number of carbonyl (C=O) groups is 2. The van der Waals surface area contributed by atoms with E-state index in [0.717, 1.165) is 6.42 Å². The number of carboxylic acid groups (broad SMARTS) is 1. The Morgan fingerprint density at radius 1 is 1.29 bits per heavy atom. The molecule has 1 N–H and O–H groups in total. The van der Waals surface area contributed by atoms with Crippen LogP contribution in [0.3, 0.4) is 0 Å². The third-order valence-corrected chi connectivity index (χ3v) is 3.34. The zero-order valence-electron chi connectivity index (χ0n) is 13.8. The molecule has 1 aliphatic heterocycles. The molecule has 0 spiro atoms. The Morgan fingerprint density at radius 3 is 2.38 bits per heavy atom. The third-order valence-electron chi connectivity index (χ3n) is 3.34. The number of nitrogens with zero attached hydrogens (tertiary/aromatic N) is 2. The summed E-state index contributed by atoms with van der Waals surface area (Å²) in [6.07, 6.45) is 0.554. The third kappa shape index (κ3) is 6.33. The molecule has 1 heterocycles. The van der Waals surface area contributed by atoms with Crippen LogP contribution in [0.2, 0.25) is 0 Å². The molecule has 0 saturated carbocycles. The first-order valence-electron chi connectivity index (χ1n) is 7.52. The average molecular weight is 300 g/mol. The van der Waals surface area contributed by atoms with E-state index in [2.05, 4.69) is 13.8 Å². The van der Waals surface area contributed by atoms with Crippen molar-refractivity contribution < 1.29 is 19.4 Å². The van der Waals surface area contributed by atoms with Crippen molar-refractivity contribution in [1.82, 2.24) is 9.80 Å². The maximum Gasteiger partial charge on any atom is 0.410 e. The highest BCUT2D eigenvalue weighted by Gasteiger charge is 2.32. The van der Waals surface area contributed by atoms with Crippen LogP contribution in [0.25, 0.3) is 0 Å². The monoisotopic (exact) mass is 300 g/mol. The van der Waals surface area contributed by atoms with Crippen LogP contribution < -0.4 is 0 Å². The molecule has 0 aromatic rings. The molecule has 1 atom stereocenters. The molecule has 1 aliphatic rings. The molecule has 21 heavy (non-hydrogen) atoms. The highest BCUT2D eigenvalue weighted by molar-refractivity contribution is 5.70. The van der Waals surface area contributed by atoms with Gasteiger partial charge in [0.25, 0.3) is 0 Å². The Morgan fingerprint density at radius 2 is 1.90 bits per heavy atom. The summed E-state index contributed by atoms with van der Waals surface area (Å²) in [5.74, 6) is -0.376. The lowest BCUT2D eigenvalue weighted by Gasteiger charge is -2.41. The molecule has 0 aliphatic carbocycles. The van der Waals surface area contributed by atoms with Crippen LogP contribution in [0.1, 0.15) is 41.0 Å². The molecule has 6 nitrogen and oxygen atoms in total. The summed E-state index contributed by atoms with van der Waals surface area (Å²) < 4.78 is 5.40. The SMILES string of the molecule is CC(C)CC1CN(C(=O)OC(C)(C)C)CCN1CC(=O)O. The summed E-state index contributed by atoms with van der Waals surface area (Å²) in [6, 6.07) is 0.0716. The lowest BCUT2D eigenvalue weighted by atomic mass is 10.00. The van der Waals surface area contributed by atoms with Crippen LogP contribution in [0.15, 0.2) is 0 Å². The molecule has 122 valence electrons. The molecule has 1 saturated heterocycles. The topological polar surface area (TPSA) is 70.1 Å². The number of rotatable bonds is 4. The van der Waals surface area contributed by atoms with Gasteiger partial charge in [0, 0.05) is 25.7 Å². The van der Waals surface area contributed by atoms with Gasteiger partial charge >= 0.3 is 12.1 Å². The maximum absolute atomic E-state index is 12.1. The van der Waals surface area contributed by atoms with E-state index in [1.165, 1.54) is 0 Å². The number of amides is 1. The van der Waals surface area contributed by atoms with E-state index < -0.39 is 11.6 Å². The van der Waals surface area contributed by atoms with Crippen molar-refractivity contribution in [3.8, 4) is 0 Å². The van der Waals surface area contributed by atoms with Crippen LogP contribution >= 0.6 is 0 Å². The number of carbonyl (C=O) groups excluding carboxylic acids is 1. The van der Waals surface area contributed by atoms with Gasteiger partial charge in [-0.25, -0.2) is 4.79 Å². The number of piperazine rings is 1. The van der Waals surface area contributed by atoms with Gasteiger partial charge in [-0.2, -0.15) is 0 Å². The lowest BCUT2D eigenvalue weighted by molar-refractivity contribution is -0.139. The second kappa shape index (κ2) is 7.11. The van der Waals surface area contributed by atoms with Crippen molar-refractivity contribution in [2.45, 2.75) is 52.7 Å². The minimum atomic E-state index is -0.825. The molecule has 0 radical (unpaired) electrons. The van der Waals surface area contributed by atoms with E-state index >= 15 is 0 Å². The van der Waals surface area contributed by atoms with Gasteiger partial charge < -0.3 is 14.7 Å². The van der Waals surface area contributed by atoms with E-state index in [0.29, 0.717) is 25.6 Å². The number of carboxylic acids is 1. The highest BCUT2D eigenvalue weighted by Crippen LogP contribution is 2.19. The van der Waals surface area contributed by atoms with E-state index in [1.807, 2.05) is 25.7 Å². The summed E-state index contributed by atoms with van der Waals surface area (Å²) in [7, 11) is 0. The Kier molecular flexibility index (Phi) is 6.01. The first-order valence-corrected chi connectivity index (χ1v) is 7.52. The molecule has 1 rings (SSSR count). The first-order chi connectivity index (χ1) is 9.58. The fourth-order valence-corrected chi connectivity index (χ4v) is 2.53. The largest absolute Gasteiger partial charge is 0.480 e. The van der Waals surface area contributed by atoms with Crippen molar-refractivity contribution in [3.05, 3.63) is 0 Å². The summed E-state index contributed by atoms with van der Waals surface area (Å²) in [6.45, 7) is 11.4. The Labute approximate surface area is 127 Å². The zero-order chi connectivity index (χ0) is 16.2. The van der Waals surface area contributed by atoms with Gasteiger partial charge in [-0.1, -0.05) is 13.8 Å². The number of hydrogen-bond donors (Lipinski definition) is 1. The van der Waals surface area contributed by atoms with Crippen LogP contribution in [0.4, 0.5) is 4.79 Å². The molecule has 0 aromatic carbocycles. The molecular formula is C15H28N2O4. The van der Waals surface area contributed by atoms with E-state index in [4.69, 9.17) is 9.84 Å². The van der Waals surface area contributed by atoms with Crippen molar-refractivity contribution in [2.24, 2.45) is 5.92 Å². The van der Waals surface area contributed by atoms with Gasteiger partial charge in [0.2, 0.25) is 0 Å². The Balaban J connectivity index is 2.69. The molecule has 1 fully saturated rings. The van der Waals surface area contributed by atoms with E-state index in [1.54, 1.807) is 4.90 Å². The van der Waals surface area contributed by atoms with Gasteiger partial charge in [-0.3, -0.25) is 9.69 Å². The predicted octanol–water partition coefficient (Wildman–Crippen LogP) is 2.04. The second-order valence-corrected chi connectivity index (χ2v) is 7.07. The standard InChI is InChI=1S/C15H28N2O4/c1-11(2)8-12-9-17(14(20)21-15(3,4)5)7-6-16(12)10-13(18)19/h11-12H,6-10H2,1-5H3,(H,18,19). The maximum atomic E-state index is 12.1. The van der Waals surface area contributed by atoms with Gasteiger partial charge in [-0.05, 0) is 33.1 Å². The van der Waals surface area contributed by atoms with E-state index in [9.17, 15) is 9.59 Å². The number of aliphatic carboxylic acids is 1. The summed E-state index contributed by atoms with van der Waals surface area (Å²) >= 11 is 0. The fraction of sp³-hybridized carbons (Fsp3) is 0.867. The number of ether oxygens (including phenoxy) is 1. The van der Waals surface area contributed by atoms with Crippen LogP contribution in [0, 0.1) is 5.92 Å². The molecule has 1 amide bonds. The molecular weight excluding hydrogens is 272 g/mol. The fourth-order valence-electron chi connectivity index (χ4n) is 2.53. The van der Waals surface area contributed by atoms with Crippen molar-refractivity contribution >= 4 is 12.1 Å². The molecule has 1 unspecified atom stereocenters. The summed E-state index contributed by atoms with van der Waals surface area (Å²) in [5.41, 5.74) is -0.511. The summed E-state index contributed by atoms with van der Waals surface area (Å²) in [5, 5.41) is 9.00. The smallest absolute Gasteiger partial charge is 0.410 e. The zero-order valence-corrected chi connectivity index (χ0v) is 13.8. The van der Waals surface area contributed by atoms with Crippen LogP contribution in [-0.4, -0.2) is 64.8 Å². The average Bonchev–Trinajstić information content (AvgIpc) is 2.27. The summed E-state index contributed by atoms with van der Waals surface area (Å²) in [4.78, 5) is 26.7. The Bertz CT molecular complexity index is 376. The molecule has 6 heteroatoms. The van der Waals surface area contributed by atoms with Gasteiger partial charge in [0.15, 0.2) is 0 Å². The minimum Gasteiger partial charge on any atom is -0.480 e. The van der Waals surface area contributed by atoms with Gasteiger partial charge in [-0.15, -0.1) is 0 Å². The Hall–Kier alpha value is -1.30. The normalized spacial score (nSPS) is 20.7. The van der Waals surface area contributed by atoms with Crippen molar-refractivity contribution in [3.63, 3.8) is 0 Å². The van der Waals surface area contributed by atoms with Crippen molar-refractivity contribution in [1.29, 1.82) is 0 Å². The van der Waals surface area contributed by atoms with Gasteiger partial charge in [0.1, 0.15) is 5.60 Å². The lowest BCUT2D eigenvalue weighted by Crippen LogP contribution is -2.56. The van der Waals surface area contributed by atoms with Gasteiger partial charge in [0.05, 0.1) is 6.54 Å². The first kappa shape index (κ1) is 17.8. The highest BCUT2D eigenvalue weighted by atomic mass is 16.6. The quantitative estimate of drug-likeness (QED) is 0.860. The molecule has 0 aromatic heterocycles. The number of hydrogen-bond acceptors (Lipinski definition) is 4. The van der Waals surface area contributed by atoms with Crippen LogP contribution in [-0.2, 0) is 9.53 Å². The van der Waals surface area contributed by atoms with E-state index in [-0.39, 0.29) is 18.7 Å². The minimum absolute atomic E-state index is 0.0273. The second-order valence-electron chi connectivity index (χ2n) is 7.07. The van der Waals surface area contributed by atoms with Crippen LogP contribution in [0.5, 0.6) is 0 Å².